The molecule has 3 nitrogen and oxygen atoms in total. The Labute approximate surface area is 153 Å². The number of hydrogen-bond donors (Lipinski definition) is 2. The number of carbonyl (C=O) groups excluding carboxylic acids is 1. The Bertz CT molecular complexity index is 857. The van der Waals surface area contributed by atoms with Crippen molar-refractivity contribution in [2.24, 2.45) is 0 Å². The number of benzene rings is 3. The van der Waals surface area contributed by atoms with Gasteiger partial charge in [0.2, 0.25) is 0 Å². The van der Waals surface area contributed by atoms with E-state index < -0.39 is 7.26 Å². The third kappa shape index (κ3) is 2.61. The van der Waals surface area contributed by atoms with Crippen molar-refractivity contribution in [2.75, 3.05) is 0 Å². The van der Waals surface area contributed by atoms with E-state index in [1.54, 1.807) is 0 Å². The zero-order valence-corrected chi connectivity index (χ0v) is 15.2. The van der Waals surface area contributed by atoms with Crippen molar-refractivity contribution in [2.45, 2.75) is 6.42 Å². The van der Waals surface area contributed by atoms with Gasteiger partial charge in [0, 0.05) is 0 Å². The van der Waals surface area contributed by atoms with E-state index in [1.807, 2.05) is 54.6 Å². The molecular formula is C22H20NO2P. The number of rotatable bonds is 4. The standard InChI is InChI=1S/C22H20NO2P/c24-21-16-20(22(25)23-21)26(17-10-4-1-5-11-17,18-12-6-2-7-13-18)19-14-8-3-9-15-19/h1-15,25-26H,16H2,(H,23,24). The molecule has 26 heavy (non-hydrogen) atoms. The van der Waals surface area contributed by atoms with E-state index in [9.17, 15) is 9.90 Å². The predicted molar refractivity (Wildman–Crippen MR) is 109 cm³/mol. The van der Waals surface area contributed by atoms with Gasteiger partial charge in [0.15, 0.2) is 0 Å². The van der Waals surface area contributed by atoms with Gasteiger partial charge in [-0.05, 0) is 0 Å². The molecule has 0 unspecified atom stereocenters. The molecule has 3 aromatic rings. The summed E-state index contributed by atoms with van der Waals surface area (Å²) in [6.45, 7) is 0. The molecule has 1 heterocycles. The molecule has 0 atom stereocenters. The van der Waals surface area contributed by atoms with Crippen molar-refractivity contribution >= 4 is 29.1 Å². The van der Waals surface area contributed by atoms with E-state index in [-0.39, 0.29) is 18.2 Å². The van der Waals surface area contributed by atoms with E-state index in [0.29, 0.717) is 0 Å². The summed E-state index contributed by atoms with van der Waals surface area (Å²) in [6.07, 6.45) is 0.219. The van der Waals surface area contributed by atoms with Gasteiger partial charge in [0.05, 0.1) is 0 Å². The van der Waals surface area contributed by atoms with Gasteiger partial charge in [0.25, 0.3) is 0 Å². The summed E-state index contributed by atoms with van der Waals surface area (Å²) in [5.74, 6) is -0.143. The minimum absolute atomic E-state index is 0.0122. The first kappa shape index (κ1) is 16.6. The molecule has 0 radical (unpaired) electrons. The van der Waals surface area contributed by atoms with Gasteiger partial charge in [-0.25, -0.2) is 0 Å². The Hall–Kier alpha value is -2.90. The van der Waals surface area contributed by atoms with Crippen LogP contribution >= 0.6 is 7.26 Å². The van der Waals surface area contributed by atoms with E-state index in [0.717, 1.165) is 21.2 Å². The Morgan fingerprint density at radius 2 is 1.08 bits per heavy atom. The van der Waals surface area contributed by atoms with Gasteiger partial charge in [0.1, 0.15) is 0 Å². The fourth-order valence-electron chi connectivity index (χ4n) is 3.89. The van der Waals surface area contributed by atoms with Crippen LogP contribution in [0.1, 0.15) is 6.42 Å². The van der Waals surface area contributed by atoms with Crippen LogP contribution < -0.4 is 21.2 Å². The van der Waals surface area contributed by atoms with Crippen LogP contribution in [0.2, 0.25) is 0 Å². The van der Waals surface area contributed by atoms with Crippen molar-refractivity contribution in [3.63, 3.8) is 0 Å². The summed E-state index contributed by atoms with van der Waals surface area (Å²) in [4.78, 5) is 12.1. The second-order valence-corrected chi connectivity index (χ2v) is 10.2. The zero-order chi connectivity index (χ0) is 18.0. The van der Waals surface area contributed by atoms with Gasteiger partial charge < -0.3 is 0 Å². The molecule has 0 aliphatic carbocycles. The quantitative estimate of drug-likeness (QED) is 0.702. The summed E-state index contributed by atoms with van der Waals surface area (Å²) in [7, 11) is -2.75. The number of carbonyl (C=O) groups is 1. The van der Waals surface area contributed by atoms with Crippen LogP contribution in [0.4, 0.5) is 0 Å². The molecule has 0 aromatic heterocycles. The van der Waals surface area contributed by atoms with Crippen LogP contribution in [0.3, 0.4) is 0 Å². The van der Waals surface area contributed by atoms with E-state index in [2.05, 4.69) is 41.7 Å². The average Bonchev–Trinajstić information content (AvgIpc) is 3.03. The van der Waals surface area contributed by atoms with Crippen LogP contribution in [-0.4, -0.2) is 11.0 Å². The fraction of sp³-hybridized carbons (Fsp3) is 0.0455. The SMILES string of the molecule is O=C1CC([PH](c2ccccc2)(c2ccccc2)c2ccccc2)=C(O)N1. The third-order valence-electron chi connectivity index (χ3n) is 4.95. The third-order valence-corrected chi connectivity index (χ3v) is 9.87. The fourth-order valence-corrected chi connectivity index (χ4v) is 8.86. The maximum absolute atomic E-state index is 12.1. The van der Waals surface area contributed by atoms with Crippen LogP contribution in [0.25, 0.3) is 0 Å². The van der Waals surface area contributed by atoms with Crippen molar-refractivity contribution < 1.29 is 9.90 Å². The van der Waals surface area contributed by atoms with Gasteiger partial charge >= 0.3 is 153 Å². The summed E-state index contributed by atoms with van der Waals surface area (Å²) in [5, 5.41) is 17.5. The second kappa shape index (κ2) is 6.78. The number of hydrogen-bond acceptors (Lipinski definition) is 2. The topological polar surface area (TPSA) is 49.3 Å². The predicted octanol–water partition coefficient (Wildman–Crippen LogP) is 2.96. The molecule has 1 amide bonds. The van der Waals surface area contributed by atoms with E-state index in [1.165, 1.54) is 0 Å². The maximum atomic E-state index is 12.1. The molecule has 0 saturated carbocycles. The summed E-state index contributed by atoms with van der Waals surface area (Å²) >= 11 is 0. The molecule has 0 spiro atoms. The Morgan fingerprint density at radius 3 is 1.38 bits per heavy atom. The molecule has 2 N–H and O–H groups in total. The Balaban J connectivity index is 2.11. The zero-order valence-electron chi connectivity index (χ0n) is 14.2. The number of nitrogens with one attached hydrogen (secondary N) is 1. The first-order chi connectivity index (χ1) is 12.7. The van der Waals surface area contributed by atoms with Crippen LogP contribution in [-0.2, 0) is 4.79 Å². The van der Waals surface area contributed by atoms with Gasteiger partial charge in [-0.15, -0.1) is 0 Å². The average molecular weight is 361 g/mol. The number of aliphatic hydroxyl groups is 1. The first-order valence-corrected chi connectivity index (χ1v) is 10.6. The molecular weight excluding hydrogens is 341 g/mol. The first-order valence-electron chi connectivity index (χ1n) is 8.62. The van der Waals surface area contributed by atoms with Gasteiger partial charge in [-0.2, -0.15) is 0 Å². The summed E-state index contributed by atoms with van der Waals surface area (Å²) < 4.78 is 0. The molecule has 130 valence electrons. The van der Waals surface area contributed by atoms with Crippen molar-refractivity contribution in [3.8, 4) is 0 Å². The molecule has 1 aliphatic heterocycles. The summed E-state index contributed by atoms with van der Waals surface area (Å²) in [6, 6.07) is 30.7. The van der Waals surface area contributed by atoms with Crippen LogP contribution in [0.5, 0.6) is 0 Å². The van der Waals surface area contributed by atoms with Crippen LogP contribution in [0.15, 0.2) is 102 Å². The normalized spacial score (nSPS) is 15.0. The van der Waals surface area contributed by atoms with E-state index >= 15 is 0 Å². The molecule has 0 bridgehead atoms. The minimum atomic E-state index is -2.75. The number of aliphatic hydroxyl groups excluding tert-OH is 1. The van der Waals surface area contributed by atoms with Crippen LogP contribution in [0, 0.1) is 0 Å². The molecule has 0 fully saturated rings. The molecule has 4 heteroatoms. The van der Waals surface area contributed by atoms with Crippen molar-refractivity contribution in [1.82, 2.24) is 5.32 Å². The molecule has 0 saturated heterocycles. The van der Waals surface area contributed by atoms with E-state index in [4.69, 9.17) is 0 Å². The Kier molecular flexibility index (Phi) is 4.32. The van der Waals surface area contributed by atoms with Gasteiger partial charge in [-0.1, -0.05) is 0 Å². The molecule has 3 aromatic carbocycles. The second-order valence-electron chi connectivity index (χ2n) is 6.40. The molecule has 4 rings (SSSR count). The molecule has 1 aliphatic rings. The monoisotopic (exact) mass is 361 g/mol. The van der Waals surface area contributed by atoms with Crippen molar-refractivity contribution in [1.29, 1.82) is 0 Å². The summed E-state index contributed by atoms with van der Waals surface area (Å²) in [5.41, 5.74) is 0. The number of amides is 1. The van der Waals surface area contributed by atoms with Crippen molar-refractivity contribution in [3.05, 3.63) is 102 Å². The Morgan fingerprint density at radius 1 is 0.692 bits per heavy atom. The van der Waals surface area contributed by atoms with Gasteiger partial charge in [-0.3, -0.25) is 0 Å².